The lowest BCUT2D eigenvalue weighted by atomic mass is 9.78. The number of hydrogen-bond donors (Lipinski definition) is 0. The molecule has 0 aliphatic heterocycles. The van der Waals surface area contributed by atoms with Crippen molar-refractivity contribution in [3.8, 4) is 0 Å². The normalized spacial score (nSPS) is 17.3. The number of benzene rings is 1. The van der Waals surface area contributed by atoms with E-state index in [1.165, 1.54) is 18.4 Å². The molecule has 3 rings (SSSR count). The van der Waals surface area contributed by atoms with Gasteiger partial charge in [0.25, 0.3) is 0 Å². The van der Waals surface area contributed by atoms with Crippen LogP contribution in [0.5, 0.6) is 0 Å². The molecule has 0 atom stereocenters. The lowest BCUT2D eigenvalue weighted by Crippen LogP contribution is -2.27. The molecule has 3 heteroatoms. The fraction of sp³-hybridized carbons (Fsp3) is 0.444. The summed E-state index contributed by atoms with van der Waals surface area (Å²) in [5.41, 5.74) is 2.29. The average molecular weight is 301 g/mol. The van der Waals surface area contributed by atoms with E-state index in [2.05, 4.69) is 49.2 Å². The molecule has 0 amide bonds. The Bertz CT molecular complexity index is 616. The van der Waals surface area contributed by atoms with E-state index in [0.29, 0.717) is 11.1 Å². The molecule has 1 aliphatic rings. The number of hydrogen-bond acceptors (Lipinski definition) is 2. The maximum absolute atomic E-state index is 6.27. The van der Waals surface area contributed by atoms with Crippen LogP contribution in [0.25, 0.3) is 0 Å². The van der Waals surface area contributed by atoms with E-state index in [1.54, 1.807) is 0 Å². The van der Waals surface area contributed by atoms with Crippen LogP contribution in [0.4, 0.5) is 0 Å². The van der Waals surface area contributed by atoms with Crippen molar-refractivity contribution in [2.24, 2.45) is 0 Å². The summed E-state index contributed by atoms with van der Waals surface area (Å²) in [7, 11) is 0. The summed E-state index contributed by atoms with van der Waals surface area (Å²) < 4.78 is 0. The molecule has 1 heterocycles. The summed E-state index contributed by atoms with van der Waals surface area (Å²) in [5.74, 6) is 1.26. The van der Waals surface area contributed by atoms with E-state index in [1.807, 2.05) is 6.07 Å². The molecule has 0 N–H and O–H groups in total. The molecule has 0 bridgehead atoms. The van der Waals surface area contributed by atoms with Gasteiger partial charge in [0.15, 0.2) is 0 Å². The second kappa shape index (κ2) is 5.76. The highest BCUT2D eigenvalue weighted by atomic mass is 35.5. The maximum atomic E-state index is 6.27. The van der Waals surface area contributed by atoms with Gasteiger partial charge in [-0.05, 0) is 30.4 Å². The highest BCUT2D eigenvalue weighted by Crippen LogP contribution is 2.45. The number of nitrogens with zero attached hydrogens (tertiary/aromatic N) is 2. The average Bonchev–Trinajstić information content (AvgIpc) is 2.98. The van der Waals surface area contributed by atoms with Crippen LogP contribution in [0.2, 0.25) is 5.15 Å². The number of halogens is 1. The third-order valence-electron chi connectivity index (χ3n) is 4.52. The molecule has 2 aromatic rings. The molecular formula is C18H21ClN2. The van der Waals surface area contributed by atoms with Crippen molar-refractivity contribution in [1.82, 2.24) is 9.97 Å². The van der Waals surface area contributed by atoms with Gasteiger partial charge >= 0.3 is 0 Å². The summed E-state index contributed by atoms with van der Waals surface area (Å²) in [6.07, 6.45) is 4.66. The van der Waals surface area contributed by atoms with Gasteiger partial charge in [-0.15, -0.1) is 0 Å². The molecule has 21 heavy (non-hydrogen) atoms. The Morgan fingerprint density at radius 1 is 1.05 bits per heavy atom. The van der Waals surface area contributed by atoms with Crippen LogP contribution in [-0.2, 0) is 5.41 Å². The van der Waals surface area contributed by atoms with Gasteiger partial charge in [0, 0.05) is 5.69 Å². The second-order valence-corrected chi connectivity index (χ2v) is 6.64. The first-order chi connectivity index (χ1) is 10.1. The van der Waals surface area contributed by atoms with Crippen LogP contribution in [0, 0.1) is 0 Å². The molecular weight excluding hydrogens is 280 g/mol. The van der Waals surface area contributed by atoms with Crippen LogP contribution in [0.1, 0.15) is 62.5 Å². The van der Waals surface area contributed by atoms with Crippen LogP contribution < -0.4 is 0 Å². The zero-order chi connectivity index (χ0) is 14.9. The van der Waals surface area contributed by atoms with Crippen molar-refractivity contribution in [2.45, 2.75) is 50.9 Å². The fourth-order valence-electron chi connectivity index (χ4n) is 3.32. The van der Waals surface area contributed by atoms with Crippen LogP contribution in [-0.4, -0.2) is 9.97 Å². The molecule has 0 unspecified atom stereocenters. The lowest BCUT2D eigenvalue weighted by molar-refractivity contribution is 0.495. The monoisotopic (exact) mass is 300 g/mol. The van der Waals surface area contributed by atoms with Gasteiger partial charge in [-0.1, -0.05) is 68.6 Å². The van der Waals surface area contributed by atoms with Crippen molar-refractivity contribution in [2.75, 3.05) is 0 Å². The molecule has 1 aromatic heterocycles. The van der Waals surface area contributed by atoms with Crippen molar-refractivity contribution in [3.05, 3.63) is 58.6 Å². The standard InChI is InChI=1S/C18H21ClN2/c1-13(2)15-12-16(19)21-17(20-15)18(10-6-7-11-18)14-8-4-3-5-9-14/h3-5,8-9,12-13H,6-7,10-11H2,1-2H3. The number of rotatable bonds is 3. The van der Waals surface area contributed by atoms with E-state index in [-0.39, 0.29) is 5.41 Å². The minimum Gasteiger partial charge on any atom is -0.237 e. The second-order valence-electron chi connectivity index (χ2n) is 6.25. The first-order valence-electron chi connectivity index (χ1n) is 7.72. The first-order valence-corrected chi connectivity index (χ1v) is 8.10. The van der Waals surface area contributed by atoms with Gasteiger partial charge in [-0.3, -0.25) is 0 Å². The Balaban J connectivity index is 2.14. The third-order valence-corrected chi connectivity index (χ3v) is 4.71. The van der Waals surface area contributed by atoms with Gasteiger partial charge in [-0.2, -0.15) is 0 Å². The lowest BCUT2D eigenvalue weighted by Gasteiger charge is -2.28. The van der Waals surface area contributed by atoms with Gasteiger partial charge < -0.3 is 0 Å². The van der Waals surface area contributed by atoms with Gasteiger partial charge in [0.05, 0.1) is 5.41 Å². The summed E-state index contributed by atoms with van der Waals surface area (Å²) in [5, 5.41) is 0.561. The Morgan fingerprint density at radius 3 is 2.33 bits per heavy atom. The molecule has 0 spiro atoms. The first kappa shape index (κ1) is 14.5. The highest BCUT2D eigenvalue weighted by molar-refractivity contribution is 6.29. The Labute approximate surface area is 131 Å². The molecule has 1 saturated carbocycles. The van der Waals surface area contributed by atoms with Gasteiger partial charge in [0.2, 0.25) is 0 Å². The van der Waals surface area contributed by atoms with E-state index in [4.69, 9.17) is 16.6 Å². The van der Waals surface area contributed by atoms with Crippen molar-refractivity contribution in [1.29, 1.82) is 0 Å². The predicted octanol–water partition coefficient (Wildman–Crippen LogP) is 5.11. The van der Waals surface area contributed by atoms with Crippen LogP contribution in [0.3, 0.4) is 0 Å². The van der Waals surface area contributed by atoms with Crippen molar-refractivity contribution >= 4 is 11.6 Å². The third kappa shape index (κ3) is 2.69. The Hall–Kier alpha value is -1.41. The summed E-state index contributed by atoms with van der Waals surface area (Å²) in [6.45, 7) is 4.29. The molecule has 0 saturated heterocycles. The Morgan fingerprint density at radius 2 is 1.71 bits per heavy atom. The van der Waals surface area contributed by atoms with E-state index in [0.717, 1.165) is 24.4 Å². The van der Waals surface area contributed by atoms with Crippen molar-refractivity contribution < 1.29 is 0 Å². The van der Waals surface area contributed by atoms with Crippen LogP contribution in [0.15, 0.2) is 36.4 Å². The topological polar surface area (TPSA) is 25.8 Å². The SMILES string of the molecule is CC(C)c1cc(Cl)nc(C2(c3ccccc3)CCCC2)n1. The number of aromatic nitrogens is 2. The Kier molecular flexibility index (Phi) is 3.99. The van der Waals surface area contributed by atoms with E-state index >= 15 is 0 Å². The smallest absolute Gasteiger partial charge is 0.140 e. The van der Waals surface area contributed by atoms with Crippen molar-refractivity contribution in [3.63, 3.8) is 0 Å². The zero-order valence-corrected chi connectivity index (χ0v) is 13.4. The molecule has 1 aromatic carbocycles. The minimum atomic E-state index is -0.0597. The minimum absolute atomic E-state index is 0.0597. The maximum Gasteiger partial charge on any atom is 0.140 e. The highest BCUT2D eigenvalue weighted by Gasteiger charge is 2.40. The molecule has 1 aliphatic carbocycles. The van der Waals surface area contributed by atoms with Crippen LogP contribution >= 0.6 is 11.6 Å². The zero-order valence-electron chi connectivity index (χ0n) is 12.6. The van der Waals surface area contributed by atoms with Gasteiger partial charge in [0.1, 0.15) is 11.0 Å². The quantitative estimate of drug-likeness (QED) is 0.736. The largest absolute Gasteiger partial charge is 0.237 e. The molecule has 0 radical (unpaired) electrons. The summed E-state index contributed by atoms with van der Waals surface area (Å²) >= 11 is 6.27. The molecule has 2 nitrogen and oxygen atoms in total. The summed E-state index contributed by atoms with van der Waals surface area (Å²) in [4.78, 5) is 9.47. The van der Waals surface area contributed by atoms with E-state index < -0.39 is 0 Å². The predicted molar refractivity (Wildman–Crippen MR) is 86.8 cm³/mol. The molecule has 110 valence electrons. The fourth-order valence-corrected chi connectivity index (χ4v) is 3.51. The van der Waals surface area contributed by atoms with E-state index in [9.17, 15) is 0 Å². The summed E-state index contributed by atoms with van der Waals surface area (Å²) in [6, 6.07) is 12.6. The van der Waals surface area contributed by atoms with Gasteiger partial charge in [-0.25, -0.2) is 9.97 Å². The molecule has 1 fully saturated rings.